The molecule has 0 saturated carbocycles. The van der Waals surface area contributed by atoms with Crippen molar-refractivity contribution in [1.29, 1.82) is 0 Å². The molecule has 0 amide bonds. The van der Waals surface area contributed by atoms with Gasteiger partial charge in [-0.3, -0.25) is 4.98 Å². The zero-order chi connectivity index (χ0) is 10.7. The van der Waals surface area contributed by atoms with Crippen molar-refractivity contribution in [3.05, 3.63) is 50.9 Å². The summed E-state index contributed by atoms with van der Waals surface area (Å²) >= 11 is 5.09. The SMILES string of the molecule is NC(Cc1cncs1)c1cccc(Br)c1. The first kappa shape index (κ1) is 10.8. The van der Waals surface area contributed by atoms with Crippen LogP contribution in [0.15, 0.2) is 40.4 Å². The highest BCUT2D eigenvalue weighted by atomic mass is 79.9. The van der Waals surface area contributed by atoms with Crippen molar-refractivity contribution < 1.29 is 0 Å². The van der Waals surface area contributed by atoms with Crippen molar-refractivity contribution in [3.8, 4) is 0 Å². The topological polar surface area (TPSA) is 38.9 Å². The molecule has 0 radical (unpaired) electrons. The second-order valence-corrected chi connectivity index (χ2v) is 5.22. The number of hydrogen-bond donors (Lipinski definition) is 1. The van der Waals surface area contributed by atoms with E-state index in [1.165, 1.54) is 4.88 Å². The van der Waals surface area contributed by atoms with Gasteiger partial charge in [0.1, 0.15) is 0 Å². The Morgan fingerprint density at radius 1 is 1.47 bits per heavy atom. The molecule has 1 aromatic carbocycles. The van der Waals surface area contributed by atoms with Crippen LogP contribution >= 0.6 is 27.3 Å². The van der Waals surface area contributed by atoms with E-state index in [0.29, 0.717) is 0 Å². The molecule has 0 bridgehead atoms. The molecule has 0 saturated heterocycles. The van der Waals surface area contributed by atoms with Gasteiger partial charge in [-0.25, -0.2) is 0 Å². The summed E-state index contributed by atoms with van der Waals surface area (Å²) in [5.41, 5.74) is 9.10. The first-order chi connectivity index (χ1) is 7.25. The molecule has 2 rings (SSSR count). The van der Waals surface area contributed by atoms with Gasteiger partial charge in [0.05, 0.1) is 5.51 Å². The van der Waals surface area contributed by atoms with Crippen LogP contribution in [0.5, 0.6) is 0 Å². The molecule has 0 aliphatic carbocycles. The summed E-state index contributed by atoms with van der Waals surface area (Å²) in [4.78, 5) is 5.26. The van der Waals surface area contributed by atoms with Gasteiger partial charge in [0.2, 0.25) is 0 Å². The van der Waals surface area contributed by atoms with Gasteiger partial charge < -0.3 is 5.73 Å². The summed E-state index contributed by atoms with van der Waals surface area (Å²) in [6.45, 7) is 0. The molecule has 1 unspecified atom stereocenters. The Bertz CT molecular complexity index is 428. The Kier molecular flexibility index (Phi) is 3.51. The molecule has 2 nitrogen and oxygen atoms in total. The molecule has 4 heteroatoms. The summed E-state index contributed by atoms with van der Waals surface area (Å²) < 4.78 is 1.07. The minimum Gasteiger partial charge on any atom is -0.324 e. The highest BCUT2D eigenvalue weighted by Crippen LogP contribution is 2.21. The minimum absolute atomic E-state index is 0.0444. The monoisotopic (exact) mass is 282 g/mol. The van der Waals surface area contributed by atoms with E-state index in [4.69, 9.17) is 5.73 Å². The molecular formula is C11H11BrN2S. The molecule has 0 spiro atoms. The Hall–Kier alpha value is -0.710. The third-order valence-electron chi connectivity index (χ3n) is 2.18. The summed E-state index contributed by atoms with van der Waals surface area (Å²) in [5, 5.41) is 0. The Morgan fingerprint density at radius 2 is 2.33 bits per heavy atom. The minimum atomic E-state index is 0.0444. The average molecular weight is 283 g/mol. The summed E-state index contributed by atoms with van der Waals surface area (Å²) in [6.07, 6.45) is 2.73. The largest absolute Gasteiger partial charge is 0.324 e. The maximum absolute atomic E-state index is 6.11. The lowest BCUT2D eigenvalue weighted by atomic mass is 10.0. The van der Waals surface area contributed by atoms with Gasteiger partial charge in [-0.05, 0) is 17.7 Å². The Morgan fingerprint density at radius 3 is 3.00 bits per heavy atom. The van der Waals surface area contributed by atoms with Crippen LogP contribution in [0.3, 0.4) is 0 Å². The van der Waals surface area contributed by atoms with E-state index >= 15 is 0 Å². The lowest BCUT2D eigenvalue weighted by molar-refractivity contribution is 0.728. The van der Waals surface area contributed by atoms with Crippen molar-refractivity contribution in [3.63, 3.8) is 0 Å². The molecule has 1 aromatic heterocycles. The predicted octanol–water partition coefficient (Wildman–Crippen LogP) is 3.15. The third kappa shape index (κ3) is 2.87. The van der Waals surface area contributed by atoms with E-state index < -0.39 is 0 Å². The van der Waals surface area contributed by atoms with Gasteiger partial charge in [-0.15, -0.1) is 11.3 Å². The van der Waals surface area contributed by atoms with Crippen molar-refractivity contribution in [2.24, 2.45) is 5.73 Å². The van der Waals surface area contributed by atoms with Crippen molar-refractivity contribution in [2.45, 2.75) is 12.5 Å². The highest BCUT2D eigenvalue weighted by molar-refractivity contribution is 9.10. The van der Waals surface area contributed by atoms with E-state index in [9.17, 15) is 0 Å². The molecule has 78 valence electrons. The lowest BCUT2D eigenvalue weighted by Gasteiger charge is -2.10. The van der Waals surface area contributed by atoms with Gasteiger partial charge in [0, 0.05) is 28.0 Å². The number of nitrogens with two attached hydrogens (primary N) is 1. The van der Waals surface area contributed by atoms with Gasteiger partial charge >= 0.3 is 0 Å². The molecule has 0 aliphatic rings. The van der Waals surface area contributed by atoms with Crippen LogP contribution in [-0.2, 0) is 6.42 Å². The second-order valence-electron chi connectivity index (χ2n) is 3.33. The smallest absolute Gasteiger partial charge is 0.0794 e. The Labute approximate surface area is 101 Å². The van der Waals surface area contributed by atoms with Crippen LogP contribution in [0.25, 0.3) is 0 Å². The van der Waals surface area contributed by atoms with E-state index in [1.807, 2.05) is 23.8 Å². The summed E-state index contributed by atoms with van der Waals surface area (Å²) in [5.74, 6) is 0. The maximum atomic E-state index is 6.11. The van der Waals surface area contributed by atoms with E-state index in [-0.39, 0.29) is 6.04 Å². The fourth-order valence-corrected chi connectivity index (χ4v) is 2.49. The second kappa shape index (κ2) is 4.88. The van der Waals surface area contributed by atoms with Crippen LogP contribution in [0, 0.1) is 0 Å². The van der Waals surface area contributed by atoms with Gasteiger partial charge in [0.25, 0.3) is 0 Å². The molecule has 2 aromatic rings. The molecule has 2 N–H and O–H groups in total. The fourth-order valence-electron chi connectivity index (χ4n) is 1.41. The highest BCUT2D eigenvalue weighted by Gasteiger charge is 2.08. The van der Waals surface area contributed by atoms with E-state index in [1.54, 1.807) is 11.3 Å². The number of benzene rings is 1. The van der Waals surface area contributed by atoms with Crippen LogP contribution in [-0.4, -0.2) is 4.98 Å². The predicted molar refractivity (Wildman–Crippen MR) is 66.9 cm³/mol. The van der Waals surface area contributed by atoms with Gasteiger partial charge in [-0.2, -0.15) is 0 Å². The molecular weight excluding hydrogens is 272 g/mol. The van der Waals surface area contributed by atoms with Gasteiger partial charge in [-0.1, -0.05) is 28.1 Å². The van der Waals surface area contributed by atoms with Crippen LogP contribution in [0.1, 0.15) is 16.5 Å². The van der Waals surface area contributed by atoms with Crippen LogP contribution < -0.4 is 5.73 Å². The average Bonchev–Trinajstić information content (AvgIpc) is 2.70. The lowest BCUT2D eigenvalue weighted by Crippen LogP contribution is -2.12. The number of aromatic nitrogens is 1. The molecule has 1 atom stereocenters. The zero-order valence-electron chi connectivity index (χ0n) is 8.06. The maximum Gasteiger partial charge on any atom is 0.0794 e. The third-order valence-corrected chi connectivity index (χ3v) is 3.48. The number of thiazole rings is 1. The van der Waals surface area contributed by atoms with Gasteiger partial charge in [0.15, 0.2) is 0 Å². The number of nitrogens with zero attached hydrogens (tertiary/aromatic N) is 1. The first-order valence-electron chi connectivity index (χ1n) is 4.64. The fraction of sp³-hybridized carbons (Fsp3) is 0.182. The van der Waals surface area contributed by atoms with Crippen molar-refractivity contribution >= 4 is 27.3 Å². The summed E-state index contributed by atoms with van der Waals surface area (Å²) in [6, 6.07) is 8.17. The van der Waals surface area contributed by atoms with Crippen LogP contribution in [0.2, 0.25) is 0 Å². The first-order valence-corrected chi connectivity index (χ1v) is 6.31. The molecule has 1 heterocycles. The number of hydrogen-bond acceptors (Lipinski definition) is 3. The van der Waals surface area contributed by atoms with Crippen molar-refractivity contribution in [2.75, 3.05) is 0 Å². The molecule has 15 heavy (non-hydrogen) atoms. The van der Waals surface area contributed by atoms with Crippen LogP contribution in [0.4, 0.5) is 0 Å². The number of rotatable bonds is 3. The zero-order valence-corrected chi connectivity index (χ0v) is 10.5. The van der Waals surface area contributed by atoms with E-state index in [0.717, 1.165) is 16.5 Å². The normalized spacial score (nSPS) is 12.7. The molecule has 0 fully saturated rings. The Balaban J connectivity index is 2.11. The van der Waals surface area contributed by atoms with Crippen molar-refractivity contribution in [1.82, 2.24) is 4.98 Å². The molecule has 0 aliphatic heterocycles. The number of halogens is 1. The van der Waals surface area contributed by atoms with E-state index in [2.05, 4.69) is 33.0 Å². The quantitative estimate of drug-likeness (QED) is 0.939. The summed E-state index contributed by atoms with van der Waals surface area (Å²) in [7, 11) is 0. The standard InChI is InChI=1S/C11H11BrN2S/c12-9-3-1-2-8(4-9)11(13)5-10-6-14-7-15-10/h1-4,6-7,11H,5,13H2.